The molecule has 3 N–H and O–H groups in total. The second kappa shape index (κ2) is 5.78. The quantitative estimate of drug-likeness (QED) is 0.906. The third-order valence-corrected chi connectivity index (χ3v) is 4.41. The van der Waals surface area contributed by atoms with Gasteiger partial charge in [-0.2, -0.15) is 0 Å². The highest BCUT2D eigenvalue weighted by molar-refractivity contribution is 5.50. The Morgan fingerprint density at radius 1 is 1.10 bits per heavy atom. The van der Waals surface area contributed by atoms with Gasteiger partial charge >= 0.3 is 0 Å². The Morgan fingerprint density at radius 2 is 1.81 bits per heavy atom. The Labute approximate surface area is 126 Å². The summed E-state index contributed by atoms with van der Waals surface area (Å²) in [5.41, 5.74) is 10.0. The van der Waals surface area contributed by atoms with Crippen molar-refractivity contribution in [3.8, 4) is 5.75 Å². The van der Waals surface area contributed by atoms with Crippen molar-refractivity contribution in [1.29, 1.82) is 0 Å². The summed E-state index contributed by atoms with van der Waals surface area (Å²) in [6.07, 6.45) is 3.12. The van der Waals surface area contributed by atoms with Gasteiger partial charge in [-0.05, 0) is 54.7 Å². The third-order valence-electron chi connectivity index (χ3n) is 4.41. The minimum atomic E-state index is -0.0526. The van der Waals surface area contributed by atoms with Gasteiger partial charge in [0, 0.05) is 12.2 Å². The number of fused-ring (bicyclic) bond motifs is 1. The van der Waals surface area contributed by atoms with Gasteiger partial charge in [0.25, 0.3) is 0 Å². The molecule has 0 fully saturated rings. The predicted octanol–water partition coefficient (Wildman–Crippen LogP) is 2.99. The summed E-state index contributed by atoms with van der Waals surface area (Å²) in [5, 5.41) is 3.66. The van der Waals surface area contributed by atoms with Crippen LogP contribution in [0.25, 0.3) is 0 Å². The molecule has 2 aromatic carbocycles. The smallest absolute Gasteiger partial charge is 0.119 e. The van der Waals surface area contributed by atoms with E-state index < -0.39 is 0 Å². The monoisotopic (exact) mass is 282 g/mol. The van der Waals surface area contributed by atoms with Crippen molar-refractivity contribution in [3.05, 3.63) is 59.7 Å². The van der Waals surface area contributed by atoms with E-state index in [4.69, 9.17) is 10.5 Å². The Kier molecular flexibility index (Phi) is 3.84. The van der Waals surface area contributed by atoms with Crippen LogP contribution in [0, 0.1) is 0 Å². The molecule has 0 saturated heterocycles. The van der Waals surface area contributed by atoms with Crippen LogP contribution in [-0.2, 0) is 12.8 Å². The molecule has 0 amide bonds. The highest BCUT2D eigenvalue weighted by atomic mass is 16.5. The van der Waals surface area contributed by atoms with Gasteiger partial charge in [-0.1, -0.05) is 24.3 Å². The third kappa shape index (κ3) is 2.88. The molecule has 0 radical (unpaired) electrons. The highest BCUT2D eigenvalue weighted by Gasteiger charge is 2.32. The van der Waals surface area contributed by atoms with Crippen LogP contribution in [0.3, 0.4) is 0 Å². The standard InChI is InChI=1S/C18H22N2O/c1-21-17-8-6-16(7-9-17)20-18(13-19)11-10-14-4-2-3-5-15(14)12-18/h2-9,20H,10-13,19H2,1H3. The number of hydrogen-bond donors (Lipinski definition) is 2. The Bertz CT molecular complexity index is 609. The van der Waals surface area contributed by atoms with Gasteiger partial charge in [-0.25, -0.2) is 0 Å². The SMILES string of the molecule is COc1ccc(NC2(CN)CCc3ccccc3C2)cc1. The van der Waals surface area contributed by atoms with E-state index in [0.29, 0.717) is 6.54 Å². The summed E-state index contributed by atoms with van der Waals surface area (Å²) in [6.45, 7) is 0.632. The van der Waals surface area contributed by atoms with E-state index in [0.717, 1.165) is 30.7 Å². The molecule has 1 unspecified atom stereocenters. The molecule has 1 aliphatic rings. The molecule has 0 spiro atoms. The topological polar surface area (TPSA) is 47.3 Å². The number of benzene rings is 2. The lowest BCUT2D eigenvalue weighted by Crippen LogP contribution is -2.49. The molecule has 1 aliphatic carbocycles. The van der Waals surface area contributed by atoms with Crippen LogP contribution >= 0.6 is 0 Å². The van der Waals surface area contributed by atoms with Crippen LogP contribution < -0.4 is 15.8 Å². The molecule has 0 aromatic heterocycles. The van der Waals surface area contributed by atoms with Crippen molar-refractivity contribution in [2.24, 2.45) is 5.73 Å². The molecular formula is C18H22N2O. The molecule has 2 aromatic rings. The average Bonchev–Trinajstić information content (AvgIpc) is 2.55. The largest absolute Gasteiger partial charge is 0.497 e. The Morgan fingerprint density at radius 3 is 2.48 bits per heavy atom. The average molecular weight is 282 g/mol. The van der Waals surface area contributed by atoms with Gasteiger partial charge in [0.05, 0.1) is 12.6 Å². The second-order valence-corrected chi connectivity index (χ2v) is 5.78. The fourth-order valence-corrected chi connectivity index (χ4v) is 3.11. The van der Waals surface area contributed by atoms with E-state index in [2.05, 4.69) is 41.7 Å². The fraction of sp³-hybridized carbons (Fsp3) is 0.333. The molecule has 3 nitrogen and oxygen atoms in total. The van der Waals surface area contributed by atoms with Crippen molar-refractivity contribution in [2.45, 2.75) is 24.8 Å². The maximum Gasteiger partial charge on any atom is 0.119 e. The van der Waals surface area contributed by atoms with Crippen LogP contribution in [0.1, 0.15) is 17.5 Å². The van der Waals surface area contributed by atoms with Crippen molar-refractivity contribution < 1.29 is 4.74 Å². The fourth-order valence-electron chi connectivity index (χ4n) is 3.11. The van der Waals surface area contributed by atoms with Gasteiger partial charge in [0.1, 0.15) is 5.75 Å². The van der Waals surface area contributed by atoms with Crippen molar-refractivity contribution in [1.82, 2.24) is 0 Å². The summed E-state index contributed by atoms with van der Waals surface area (Å²) in [5.74, 6) is 0.872. The number of rotatable bonds is 4. The van der Waals surface area contributed by atoms with Crippen LogP contribution in [0.2, 0.25) is 0 Å². The summed E-state index contributed by atoms with van der Waals surface area (Å²) in [7, 11) is 1.68. The molecule has 110 valence electrons. The maximum atomic E-state index is 6.11. The van der Waals surface area contributed by atoms with Crippen LogP contribution in [0.15, 0.2) is 48.5 Å². The van der Waals surface area contributed by atoms with Crippen molar-refractivity contribution in [2.75, 3.05) is 19.0 Å². The molecule has 3 rings (SSSR count). The summed E-state index contributed by atoms with van der Waals surface area (Å²) in [4.78, 5) is 0. The zero-order valence-corrected chi connectivity index (χ0v) is 12.4. The molecule has 3 heteroatoms. The molecule has 1 atom stereocenters. The maximum absolute atomic E-state index is 6.11. The molecular weight excluding hydrogens is 260 g/mol. The summed E-state index contributed by atoms with van der Waals surface area (Å²) in [6, 6.07) is 16.7. The number of anilines is 1. The number of hydrogen-bond acceptors (Lipinski definition) is 3. The van der Waals surface area contributed by atoms with E-state index in [-0.39, 0.29) is 5.54 Å². The minimum Gasteiger partial charge on any atom is -0.497 e. The van der Waals surface area contributed by atoms with Gasteiger partial charge < -0.3 is 15.8 Å². The zero-order valence-electron chi connectivity index (χ0n) is 12.4. The van der Waals surface area contributed by atoms with Gasteiger partial charge in [0.2, 0.25) is 0 Å². The summed E-state index contributed by atoms with van der Waals surface area (Å²) >= 11 is 0. The van der Waals surface area contributed by atoms with E-state index in [9.17, 15) is 0 Å². The van der Waals surface area contributed by atoms with Gasteiger partial charge in [-0.15, -0.1) is 0 Å². The van der Waals surface area contributed by atoms with Crippen LogP contribution in [0.4, 0.5) is 5.69 Å². The van der Waals surface area contributed by atoms with E-state index >= 15 is 0 Å². The summed E-state index contributed by atoms with van der Waals surface area (Å²) < 4.78 is 5.20. The first-order chi connectivity index (χ1) is 10.2. The Hall–Kier alpha value is -2.00. The molecule has 0 aliphatic heterocycles. The molecule has 0 heterocycles. The van der Waals surface area contributed by atoms with Gasteiger partial charge in [-0.3, -0.25) is 0 Å². The van der Waals surface area contributed by atoms with E-state index in [1.807, 2.05) is 12.1 Å². The Balaban J connectivity index is 1.81. The molecule has 21 heavy (non-hydrogen) atoms. The first kappa shape index (κ1) is 14.0. The number of nitrogens with one attached hydrogen (secondary N) is 1. The minimum absolute atomic E-state index is 0.0526. The lowest BCUT2D eigenvalue weighted by molar-refractivity contribution is 0.412. The number of aryl methyl sites for hydroxylation is 1. The lowest BCUT2D eigenvalue weighted by atomic mass is 9.78. The zero-order chi connectivity index (χ0) is 14.7. The normalized spacial score (nSPS) is 20.7. The van der Waals surface area contributed by atoms with Gasteiger partial charge in [0.15, 0.2) is 0 Å². The molecule has 0 bridgehead atoms. The highest BCUT2D eigenvalue weighted by Crippen LogP contribution is 2.31. The van der Waals surface area contributed by atoms with Crippen LogP contribution in [0.5, 0.6) is 5.75 Å². The van der Waals surface area contributed by atoms with Crippen molar-refractivity contribution in [3.63, 3.8) is 0 Å². The number of methoxy groups -OCH3 is 1. The first-order valence-corrected chi connectivity index (χ1v) is 7.44. The predicted molar refractivity (Wildman–Crippen MR) is 86.9 cm³/mol. The number of ether oxygens (including phenoxy) is 1. The van der Waals surface area contributed by atoms with Crippen molar-refractivity contribution >= 4 is 5.69 Å². The number of nitrogens with two attached hydrogens (primary N) is 1. The molecule has 0 saturated carbocycles. The second-order valence-electron chi connectivity index (χ2n) is 5.78. The van der Waals surface area contributed by atoms with E-state index in [1.165, 1.54) is 11.1 Å². The lowest BCUT2D eigenvalue weighted by Gasteiger charge is -2.39. The van der Waals surface area contributed by atoms with E-state index in [1.54, 1.807) is 7.11 Å². The van der Waals surface area contributed by atoms with Crippen LogP contribution in [-0.4, -0.2) is 19.2 Å². The first-order valence-electron chi connectivity index (χ1n) is 7.44.